The van der Waals surface area contributed by atoms with Gasteiger partial charge in [-0.1, -0.05) is 23.7 Å². The fourth-order valence-corrected chi connectivity index (χ4v) is 1.73. The highest BCUT2D eigenvalue weighted by Gasteiger charge is 2.00. The summed E-state index contributed by atoms with van der Waals surface area (Å²) in [4.78, 5) is 0. The number of hydrogen-bond donors (Lipinski definition) is 1. The highest BCUT2D eigenvalue weighted by molar-refractivity contribution is 6.31. The van der Waals surface area contributed by atoms with E-state index in [1.807, 2.05) is 24.3 Å². The van der Waals surface area contributed by atoms with Gasteiger partial charge < -0.3 is 10.1 Å². The highest BCUT2D eigenvalue weighted by Crippen LogP contribution is 2.20. The van der Waals surface area contributed by atoms with Gasteiger partial charge >= 0.3 is 0 Å². The fraction of sp³-hybridized carbons (Fsp3) is 0.143. The Kier molecular flexibility index (Phi) is 4.05. The molecule has 2 aromatic rings. The molecule has 94 valence electrons. The molecule has 0 saturated heterocycles. The Balaban J connectivity index is 1.99. The summed E-state index contributed by atoms with van der Waals surface area (Å²) in [6, 6.07) is 12.3. The van der Waals surface area contributed by atoms with E-state index in [1.54, 1.807) is 19.2 Å². The minimum absolute atomic E-state index is 0.120. The van der Waals surface area contributed by atoms with E-state index in [4.69, 9.17) is 16.3 Å². The highest BCUT2D eigenvalue weighted by atomic mass is 35.5. The van der Waals surface area contributed by atoms with Gasteiger partial charge in [-0.05, 0) is 35.9 Å². The molecule has 0 spiro atoms. The van der Waals surface area contributed by atoms with Crippen LogP contribution in [0.3, 0.4) is 0 Å². The minimum atomic E-state index is -0.410. The van der Waals surface area contributed by atoms with Gasteiger partial charge in [0.15, 0.2) is 0 Å². The van der Waals surface area contributed by atoms with Gasteiger partial charge in [0, 0.05) is 12.2 Å². The second-order valence-electron chi connectivity index (χ2n) is 3.83. The Morgan fingerprint density at radius 2 is 1.89 bits per heavy atom. The first-order chi connectivity index (χ1) is 8.69. The fourth-order valence-electron chi connectivity index (χ4n) is 1.55. The van der Waals surface area contributed by atoms with Crippen molar-refractivity contribution in [3.63, 3.8) is 0 Å². The summed E-state index contributed by atoms with van der Waals surface area (Å²) in [5.41, 5.74) is 1.90. The quantitative estimate of drug-likeness (QED) is 0.899. The molecule has 0 aliphatic rings. The average molecular weight is 266 g/mol. The number of ether oxygens (including phenoxy) is 1. The Morgan fingerprint density at radius 3 is 2.50 bits per heavy atom. The minimum Gasteiger partial charge on any atom is -0.497 e. The summed E-state index contributed by atoms with van der Waals surface area (Å²) in [5, 5.41) is 3.29. The molecule has 0 aliphatic carbocycles. The van der Waals surface area contributed by atoms with Gasteiger partial charge in [0.25, 0.3) is 0 Å². The zero-order valence-corrected chi connectivity index (χ0v) is 10.7. The van der Waals surface area contributed by atoms with E-state index >= 15 is 0 Å². The SMILES string of the molecule is COc1ccc(CNc2ccc(F)c(Cl)c2)cc1. The lowest BCUT2D eigenvalue weighted by Crippen LogP contribution is -1.99. The number of anilines is 1. The first-order valence-corrected chi connectivity index (χ1v) is 5.88. The molecule has 2 rings (SSSR count). The molecular formula is C14H13ClFNO. The molecule has 0 unspecified atom stereocenters. The van der Waals surface area contributed by atoms with Crippen molar-refractivity contribution in [1.29, 1.82) is 0 Å². The molecule has 0 saturated carbocycles. The molecule has 2 aromatic carbocycles. The lowest BCUT2D eigenvalue weighted by atomic mass is 10.2. The van der Waals surface area contributed by atoms with E-state index < -0.39 is 5.82 Å². The summed E-state index contributed by atoms with van der Waals surface area (Å²) in [6.07, 6.45) is 0. The van der Waals surface area contributed by atoms with E-state index in [0.29, 0.717) is 6.54 Å². The van der Waals surface area contributed by atoms with Crippen LogP contribution in [0.2, 0.25) is 5.02 Å². The van der Waals surface area contributed by atoms with Crippen LogP contribution in [0.25, 0.3) is 0 Å². The summed E-state index contributed by atoms with van der Waals surface area (Å²) in [5.74, 6) is 0.412. The summed E-state index contributed by atoms with van der Waals surface area (Å²) >= 11 is 5.70. The van der Waals surface area contributed by atoms with Crippen molar-refractivity contribution in [1.82, 2.24) is 0 Å². The van der Waals surface area contributed by atoms with Crippen LogP contribution in [0.4, 0.5) is 10.1 Å². The van der Waals surface area contributed by atoms with Gasteiger partial charge in [0.2, 0.25) is 0 Å². The van der Waals surface area contributed by atoms with Gasteiger partial charge in [0.05, 0.1) is 12.1 Å². The van der Waals surface area contributed by atoms with Gasteiger partial charge in [0.1, 0.15) is 11.6 Å². The number of methoxy groups -OCH3 is 1. The first-order valence-electron chi connectivity index (χ1n) is 5.51. The molecule has 0 aliphatic heterocycles. The van der Waals surface area contributed by atoms with Gasteiger partial charge in [-0.2, -0.15) is 0 Å². The zero-order chi connectivity index (χ0) is 13.0. The number of nitrogens with one attached hydrogen (secondary N) is 1. The molecule has 0 atom stereocenters. The first kappa shape index (κ1) is 12.7. The molecule has 2 nitrogen and oxygen atoms in total. The van der Waals surface area contributed by atoms with Crippen LogP contribution in [0, 0.1) is 5.82 Å². The lowest BCUT2D eigenvalue weighted by Gasteiger charge is -2.08. The van der Waals surface area contributed by atoms with Crippen molar-refractivity contribution >= 4 is 17.3 Å². The number of halogens is 2. The van der Waals surface area contributed by atoms with Crippen molar-refractivity contribution in [2.75, 3.05) is 12.4 Å². The normalized spacial score (nSPS) is 10.2. The number of rotatable bonds is 4. The molecular weight excluding hydrogens is 253 g/mol. The predicted octanol–water partition coefficient (Wildman–Crippen LogP) is 4.10. The van der Waals surface area contributed by atoms with Crippen molar-refractivity contribution in [3.05, 3.63) is 58.9 Å². The average Bonchev–Trinajstić information content (AvgIpc) is 2.41. The van der Waals surface area contributed by atoms with E-state index in [2.05, 4.69) is 5.32 Å². The van der Waals surface area contributed by atoms with Gasteiger partial charge in [-0.25, -0.2) is 4.39 Å². The third-order valence-corrected chi connectivity index (χ3v) is 2.86. The molecule has 0 fully saturated rings. The third kappa shape index (κ3) is 3.14. The van der Waals surface area contributed by atoms with Crippen molar-refractivity contribution in [2.45, 2.75) is 6.54 Å². The Bertz CT molecular complexity index is 528. The number of hydrogen-bond acceptors (Lipinski definition) is 2. The molecule has 0 amide bonds. The Hall–Kier alpha value is -1.74. The number of benzene rings is 2. The molecule has 0 heterocycles. The summed E-state index contributed by atoms with van der Waals surface area (Å²) in [6.45, 7) is 0.645. The Morgan fingerprint density at radius 1 is 1.17 bits per heavy atom. The maximum Gasteiger partial charge on any atom is 0.141 e. The van der Waals surface area contributed by atoms with Crippen LogP contribution in [0.1, 0.15) is 5.56 Å². The monoisotopic (exact) mass is 265 g/mol. The predicted molar refractivity (Wildman–Crippen MR) is 71.7 cm³/mol. The van der Waals surface area contributed by atoms with Gasteiger partial charge in [-0.3, -0.25) is 0 Å². The molecule has 4 heteroatoms. The van der Waals surface area contributed by atoms with Crippen LogP contribution < -0.4 is 10.1 Å². The second kappa shape index (κ2) is 5.74. The zero-order valence-electron chi connectivity index (χ0n) is 9.91. The van der Waals surface area contributed by atoms with E-state index in [9.17, 15) is 4.39 Å². The third-order valence-electron chi connectivity index (χ3n) is 2.58. The maximum absolute atomic E-state index is 13.0. The molecule has 0 bridgehead atoms. The molecule has 0 aromatic heterocycles. The summed E-state index contributed by atoms with van der Waals surface area (Å²) in [7, 11) is 1.63. The van der Waals surface area contributed by atoms with Gasteiger partial charge in [-0.15, -0.1) is 0 Å². The standard InChI is InChI=1S/C14H13ClFNO/c1-18-12-5-2-10(3-6-12)9-17-11-4-7-14(16)13(15)8-11/h2-8,17H,9H2,1H3. The van der Waals surface area contributed by atoms with E-state index in [-0.39, 0.29) is 5.02 Å². The van der Waals surface area contributed by atoms with Crippen molar-refractivity contribution in [2.24, 2.45) is 0 Å². The van der Waals surface area contributed by atoms with E-state index in [1.165, 1.54) is 6.07 Å². The van der Waals surface area contributed by atoms with Crippen LogP contribution in [0.5, 0.6) is 5.75 Å². The lowest BCUT2D eigenvalue weighted by molar-refractivity contribution is 0.414. The van der Waals surface area contributed by atoms with E-state index in [0.717, 1.165) is 17.0 Å². The van der Waals surface area contributed by atoms with Crippen LogP contribution in [-0.2, 0) is 6.54 Å². The molecule has 0 radical (unpaired) electrons. The molecule has 1 N–H and O–H groups in total. The van der Waals surface area contributed by atoms with Crippen molar-refractivity contribution < 1.29 is 9.13 Å². The topological polar surface area (TPSA) is 21.3 Å². The molecule has 18 heavy (non-hydrogen) atoms. The van der Waals surface area contributed by atoms with Crippen LogP contribution >= 0.6 is 11.6 Å². The van der Waals surface area contributed by atoms with Crippen molar-refractivity contribution in [3.8, 4) is 5.75 Å². The van der Waals surface area contributed by atoms with Crippen LogP contribution in [-0.4, -0.2) is 7.11 Å². The maximum atomic E-state index is 13.0. The smallest absolute Gasteiger partial charge is 0.141 e. The Labute approximate surface area is 110 Å². The van der Waals surface area contributed by atoms with Crippen LogP contribution in [0.15, 0.2) is 42.5 Å². The summed E-state index contributed by atoms with van der Waals surface area (Å²) < 4.78 is 18.1. The second-order valence-corrected chi connectivity index (χ2v) is 4.24. The largest absolute Gasteiger partial charge is 0.497 e.